The molecule has 0 saturated carbocycles. The Balaban J connectivity index is 1.66. The summed E-state index contributed by atoms with van der Waals surface area (Å²) in [6.07, 6.45) is 2.94. The Morgan fingerprint density at radius 2 is 1.37 bits per heavy atom. The molecule has 0 radical (unpaired) electrons. The summed E-state index contributed by atoms with van der Waals surface area (Å²) < 4.78 is 0. The van der Waals surface area contributed by atoms with Crippen molar-refractivity contribution in [1.29, 1.82) is 0 Å². The predicted octanol–water partition coefficient (Wildman–Crippen LogP) is -1.34. The normalized spacial score (nSPS) is 29.1. The molecule has 18 nitrogen and oxygen atoms in total. The number of nitrogens with two attached hydrogens (primary N) is 1. The van der Waals surface area contributed by atoms with Gasteiger partial charge in [0.1, 0.15) is 36.0 Å². The summed E-state index contributed by atoms with van der Waals surface area (Å²) in [4.78, 5) is 86.0. The van der Waals surface area contributed by atoms with E-state index < -0.39 is 96.0 Å². The van der Waals surface area contributed by atoms with Crippen molar-refractivity contribution in [3.05, 3.63) is 29.8 Å². The van der Waals surface area contributed by atoms with Crippen LogP contribution in [-0.2, 0) is 35.2 Å². The third-order valence-electron chi connectivity index (χ3n) is 11.4. The van der Waals surface area contributed by atoms with Crippen molar-refractivity contribution in [3.8, 4) is 5.75 Å². The van der Waals surface area contributed by atoms with Crippen LogP contribution in [0.1, 0.15) is 97.0 Å². The molecule has 0 spiro atoms. The fraction of sp³-hybridized carbons (Fsp3) is 0.707. The molecule has 3 aliphatic rings. The molecule has 0 bridgehead atoms. The van der Waals surface area contributed by atoms with Crippen LogP contribution < -0.4 is 32.3 Å². The molecule has 4 rings (SSSR count). The highest BCUT2D eigenvalue weighted by molar-refractivity contribution is 5.97. The molecule has 3 fully saturated rings. The fourth-order valence-electron chi connectivity index (χ4n) is 7.96. The number of unbranched alkanes of at least 4 members (excludes halogenated alkanes) is 5. The highest BCUT2D eigenvalue weighted by Crippen LogP contribution is 2.23. The van der Waals surface area contributed by atoms with E-state index in [1.54, 1.807) is 12.1 Å². The van der Waals surface area contributed by atoms with Gasteiger partial charge in [0.15, 0.2) is 0 Å². The van der Waals surface area contributed by atoms with E-state index in [1.165, 1.54) is 30.9 Å². The third-order valence-corrected chi connectivity index (χ3v) is 11.4. The number of benzene rings is 1. The number of fused-ring (bicyclic) bond motifs is 2. The number of hydrogen-bond acceptors (Lipinski definition) is 12. The number of carbonyl (C=O) groups excluding carboxylic acids is 6. The number of rotatable bonds is 13. The molecular formula is C41H66N8O10. The number of phenolic OH excluding ortho intramolecular Hbond substituents is 1. The van der Waals surface area contributed by atoms with Gasteiger partial charge in [0.2, 0.25) is 35.4 Å². The molecule has 11 N–H and O–H groups in total. The van der Waals surface area contributed by atoms with Crippen molar-refractivity contribution in [2.24, 2.45) is 5.73 Å². The molecule has 0 unspecified atom stereocenters. The minimum Gasteiger partial charge on any atom is -0.508 e. The van der Waals surface area contributed by atoms with Gasteiger partial charge in [-0.2, -0.15) is 0 Å². The first-order valence-corrected chi connectivity index (χ1v) is 21.2. The van der Waals surface area contributed by atoms with Crippen LogP contribution in [0.2, 0.25) is 0 Å². The van der Waals surface area contributed by atoms with Crippen molar-refractivity contribution in [2.45, 2.75) is 158 Å². The molecule has 59 heavy (non-hydrogen) atoms. The lowest BCUT2D eigenvalue weighted by atomic mass is 10.0. The predicted molar refractivity (Wildman–Crippen MR) is 217 cm³/mol. The largest absolute Gasteiger partial charge is 0.508 e. The van der Waals surface area contributed by atoms with Crippen LogP contribution in [0.3, 0.4) is 0 Å². The Morgan fingerprint density at radius 1 is 0.780 bits per heavy atom. The van der Waals surface area contributed by atoms with E-state index in [0.29, 0.717) is 18.5 Å². The number of aliphatic hydroxyl groups excluding tert-OH is 3. The summed E-state index contributed by atoms with van der Waals surface area (Å²) in [5.41, 5.74) is 6.94. The van der Waals surface area contributed by atoms with Gasteiger partial charge in [-0.1, -0.05) is 51.2 Å². The molecule has 6 amide bonds. The second-order valence-electron chi connectivity index (χ2n) is 16.3. The Labute approximate surface area is 346 Å². The van der Waals surface area contributed by atoms with Gasteiger partial charge in [0.25, 0.3) is 0 Å². The average Bonchev–Trinajstić information content (AvgIpc) is 3.79. The molecule has 3 heterocycles. The van der Waals surface area contributed by atoms with E-state index in [1.807, 2.05) is 0 Å². The second-order valence-corrected chi connectivity index (χ2v) is 16.3. The van der Waals surface area contributed by atoms with Crippen LogP contribution in [0.5, 0.6) is 5.75 Å². The lowest BCUT2D eigenvalue weighted by Gasteiger charge is -2.32. The van der Waals surface area contributed by atoms with E-state index in [2.05, 4.69) is 33.5 Å². The zero-order valence-corrected chi connectivity index (χ0v) is 34.6. The maximum Gasteiger partial charge on any atom is 0.248 e. The topological polar surface area (TPSA) is 276 Å². The van der Waals surface area contributed by atoms with Crippen LogP contribution in [-0.4, -0.2) is 152 Å². The minimum atomic E-state index is -1.53. The number of carbonyl (C=O) groups is 6. The Hall–Kier alpha value is -4.36. The van der Waals surface area contributed by atoms with E-state index >= 15 is 0 Å². The first-order valence-electron chi connectivity index (χ1n) is 21.2. The smallest absolute Gasteiger partial charge is 0.248 e. The highest BCUT2D eigenvalue weighted by atomic mass is 16.3. The van der Waals surface area contributed by atoms with E-state index in [9.17, 15) is 49.2 Å². The number of amides is 6. The van der Waals surface area contributed by atoms with E-state index in [4.69, 9.17) is 5.73 Å². The third kappa shape index (κ3) is 13.6. The van der Waals surface area contributed by atoms with Gasteiger partial charge in [0, 0.05) is 32.1 Å². The molecule has 10 atom stereocenters. The zero-order valence-electron chi connectivity index (χ0n) is 34.6. The molecule has 3 saturated heterocycles. The second kappa shape index (κ2) is 22.9. The van der Waals surface area contributed by atoms with Crippen molar-refractivity contribution < 1.29 is 49.2 Å². The number of hydrogen-bond donors (Lipinski definition) is 10. The van der Waals surface area contributed by atoms with Crippen molar-refractivity contribution in [2.75, 3.05) is 26.2 Å². The molecule has 1 aromatic rings. The Kier molecular flexibility index (Phi) is 18.3. The lowest BCUT2D eigenvalue weighted by molar-refractivity contribution is -0.145. The van der Waals surface area contributed by atoms with Gasteiger partial charge in [-0.05, 0) is 76.6 Å². The molecule has 1 aromatic carbocycles. The maximum atomic E-state index is 14.1. The summed E-state index contributed by atoms with van der Waals surface area (Å²) >= 11 is 0. The number of phenols is 1. The number of aromatic hydroxyl groups is 1. The first-order chi connectivity index (χ1) is 28.1. The number of nitrogens with one attached hydrogen (secondary N) is 5. The van der Waals surface area contributed by atoms with Crippen LogP contribution in [0.4, 0.5) is 0 Å². The molecule has 0 aliphatic carbocycles. The van der Waals surface area contributed by atoms with Crippen molar-refractivity contribution >= 4 is 35.4 Å². The van der Waals surface area contributed by atoms with Gasteiger partial charge in [-0.15, -0.1) is 0 Å². The molecule has 0 aromatic heterocycles. The summed E-state index contributed by atoms with van der Waals surface area (Å²) in [5, 5.41) is 56.2. The Morgan fingerprint density at radius 3 is 2.02 bits per heavy atom. The minimum absolute atomic E-state index is 0.0139. The van der Waals surface area contributed by atoms with Gasteiger partial charge in [-0.25, -0.2) is 0 Å². The Bertz CT molecular complexity index is 1580. The fourth-order valence-corrected chi connectivity index (χ4v) is 7.96. The zero-order chi connectivity index (χ0) is 43.2. The summed E-state index contributed by atoms with van der Waals surface area (Å²) in [7, 11) is 0. The number of aryl methyl sites for hydroxylation is 1. The summed E-state index contributed by atoms with van der Waals surface area (Å²) in [5.74, 6) is -4.22. The van der Waals surface area contributed by atoms with Crippen LogP contribution in [0.25, 0.3) is 0 Å². The standard InChI is InChI=1S/C41H66N8O10/c1-4-5-6-7-8-9-18-43-30-11-10-19-44-38(56)32-20-27(42)22-48(32)40(58)34(24(2)50)47-37(55)31(17-14-26-12-15-28(52)16-13-26)45-39(57)33-21-29(53)23-49(33)41(59)35(25(3)51)46-36(30)54/h12-13,15-16,24-25,27,29-35,43,50-53H,4-11,14,17-23,42H2,1-3H3,(H,44,56)(H,45,57)(H,46,54)(H,47,55)/t24-,25-,27+,29-,30+,31+,32+,33+,34+,35+/m1/s1. The molecule has 3 aliphatic heterocycles. The monoisotopic (exact) mass is 830 g/mol. The average molecular weight is 831 g/mol. The van der Waals surface area contributed by atoms with Crippen LogP contribution in [0, 0.1) is 0 Å². The number of aliphatic hydroxyl groups is 3. The first kappa shape index (κ1) is 47.3. The van der Waals surface area contributed by atoms with Crippen LogP contribution in [0.15, 0.2) is 24.3 Å². The highest BCUT2D eigenvalue weighted by Gasteiger charge is 2.45. The molecule has 18 heteroatoms. The summed E-state index contributed by atoms with van der Waals surface area (Å²) in [6.45, 7) is 5.13. The molecular weight excluding hydrogens is 764 g/mol. The van der Waals surface area contributed by atoms with E-state index in [0.717, 1.165) is 43.4 Å². The summed E-state index contributed by atoms with van der Waals surface area (Å²) in [6, 6.07) is -1.81. The van der Waals surface area contributed by atoms with E-state index in [-0.39, 0.29) is 57.5 Å². The SMILES string of the molecule is CCCCCCCCN[C@H]1CCCNC(=O)[C@@H]2C[C@H](N)CN2C(=O)[C@H]([C@@H](C)O)NC(=O)[C@H](CCc2ccc(O)cc2)NC(=O)[C@@H]2C[C@@H](O)CN2C(=O)[C@H]([C@@H](C)O)NC1=O. The molecule has 330 valence electrons. The number of nitrogens with zero attached hydrogens (tertiary/aromatic N) is 2. The quantitative estimate of drug-likeness (QED) is 0.104. The van der Waals surface area contributed by atoms with Crippen LogP contribution >= 0.6 is 0 Å². The van der Waals surface area contributed by atoms with Crippen molar-refractivity contribution in [3.63, 3.8) is 0 Å². The van der Waals surface area contributed by atoms with Gasteiger partial charge in [0.05, 0.1) is 24.4 Å². The lowest BCUT2D eigenvalue weighted by Crippen LogP contribution is -2.61. The van der Waals surface area contributed by atoms with Gasteiger partial charge < -0.3 is 62.5 Å². The van der Waals surface area contributed by atoms with Crippen molar-refractivity contribution in [1.82, 2.24) is 36.4 Å². The maximum absolute atomic E-state index is 14.1. The van der Waals surface area contributed by atoms with Gasteiger partial charge >= 0.3 is 0 Å². The van der Waals surface area contributed by atoms with Gasteiger partial charge in [-0.3, -0.25) is 28.8 Å².